The van der Waals surface area contributed by atoms with E-state index in [0.717, 1.165) is 11.3 Å². The van der Waals surface area contributed by atoms with Gasteiger partial charge in [0.25, 0.3) is 0 Å². The van der Waals surface area contributed by atoms with Gasteiger partial charge in [0.15, 0.2) is 0 Å². The molecule has 2 unspecified atom stereocenters. The lowest BCUT2D eigenvalue weighted by molar-refractivity contribution is -0.139. The Morgan fingerprint density at radius 3 is 2.80 bits per heavy atom. The first-order valence-corrected chi connectivity index (χ1v) is 5.16. The Hall–Kier alpha value is -1.51. The van der Waals surface area contributed by atoms with Crippen LogP contribution in [0.25, 0.3) is 0 Å². The van der Waals surface area contributed by atoms with Gasteiger partial charge < -0.3 is 10.0 Å². The van der Waals surface area contributed by atoms with Gasteiger partial charge in [-0.1, -0.05) is 18.2 Å². The summed E-state index contributed by atoms with van der Waals surface area (Å²) in [5, 5.41) is 9.17. The Morgan fingerprint density at radius 1 is 1.47 bits per heavy atom. The van der Waals surface area contributed by atoms with Gasteiger partial charge in [0.2, 0.25) is 0 Å². The monoisotopic (exact) mass is 205 g/mol. The lowest BCUT2D eigenvalue weighted by Gasteiger charge is -2.36. The molecule has 0 saturated heterocycles. The summed E-state index contributed by atoms with van der Waals surface area (Å²) in [4.78, 5) is 13.3. The van der Waals surface area contributed by atoms with E-state index in [1.165, 1.54) is 0 Å². The van der Waals surface area contributed by atoms with Crippen LogP contribution in [-0.4, -0.2) is 24.2 Å². The van der Waals surface area contributed by atoms with Crippen molar-refractivity contribution in [3.05, 3.63) is 29.8 Å². The smallest absolute Gasteiger partial charge is 0.311 e. The third-order valence-electron chi connectivity index (χ3n) is 3.23. The highest BCUT2D eigenvalue weighted by atomic mass is 16.4. The third-order valence-corrected chi connectivity index (χ3v) is 3.23. The van der Waals surface area contributed by atoms with Crippen LogP contribution in [0, 0.1) is 0 Å². The highest BCUT2D eigenvalue weighted by molar-refractivity contribution is 5.80. The van der Waals surface area contributed by atoms with Crippen molar-refractivity contribution >= 4 is 11.7 Å². The molecule has 15 heavy (non-hydrogen) atoms. The van der Waals surface area contributed by atoms with Crippen LogP contribution in [0.15, 0.2) is 24.3 Å². The van der Waals surface area contributed by atoms with E-state index < -0.39 is 5.97 Å². The fourth-order valence-corrected chi connectivity index (χ4v) is 2.20. The fourth-order valence-electron chi connectivity index (χ4n) is 2.20. The number of benzene rings is 1. The van der Waals surface area contributed by atoms with Gasteiger partial charge in [-0.3, -0.25) is 4.79 Å². The molecule has 0 radical (unpaired) electrons. The minimum absolute atomic E-state index is 0.279. The summed E-state index contributed by atoms with van der Waals surface area (Å²) in [6.07, 6.45) is 0.683. The Morgan fingerprint density at radius 2 is 2.13 bits per heavy atom. The molecule has 3 nitrogen and oxygen atoms in total. The van der Waals surface area contributed by atoms with Gasteiger partial charge in [-0.05, 0) is 25.0 Å². The quantitative estimate of drug-likeness (QED) is 0.763. The second kappa shape index (κ2) is 3.57. The van der Waals surface area contributed by atoms with Crippen molar-refractivity contribution in [2.24, 2.45) is 0 Å². The van der Waals surface area contributed by atoms with Gasteiger partial charge in [0.05, 0.1) is 5.92 Å². The summed E-state index contributed by atoms with van der Waals surface area (Å²) in [6.45, 7) is 2.06. The lowest BCUT2D eigenvalue weighted by atomic mass is 9.86. The van der Waals surface area contributed by atoms with Crippen LogP contribution in [0.1, 0.15) is 24.8 Å². The number of rotatable bonds is 1. The largest absolute Gasteiger partial charge is 0.481 e. The molecule has 0 fully saturated rings. The molecule has 0 aliphatic carbocycles. The van der Waals surface area contributed by atoms with Crippen molar-refractivity contribution in [2.75, 3.05) is 11.9 Å². The number of carbonyl (C=O) groups is 1. The summed E-state index contributed by atoms with van der Waals surface area (Å²) in [5.74, 6) is -1.07. The van der Waals surface area contributed by atoms with E-state index in [-0.39, 0.29) is 12.0 Å². The van der Waals surface area contributed by atoms with E-state index in [1.807, 2.05) is 31.3 Å². The number of aliphatic carboxylic acids is 1. The SMILES string of the molecule is CC1CC(C(=O)O)c2ccccc2N1C. The second-order valence-electron chi connectivity index (χ2n) is 4.15. The molecule has 80 valence electrons. The molecule has 0 spiro atoms. The average molecular weight is 205 g/mol. The van der Waals surface area contributed by atoms with Crippen LogP contribution in [0.2, 0.25) is 0 Å². The minimum atomic E-state index is -0.720. The predicted molar refractivity (Wildman–Crippen MR) is 59.3 cm³/mol. The van der Waals surface area contributed by atoms with E-state index in [4.69, 9.17) is 0 Å². The maximum Gasteiger partial charge on any atom is 0.311 e. The maximum absolute atomic E-state index is 11.2. The van der Waals surface area contributed by atoms with Crippen molar-refractivity contribution in [3.63, 3.8) is 0 Å². The molecule has 1 aromatic carbocycles. The summed E-state index contributed by atoms with van der Waals surface area (Å²) < 4.78 is 0. The van der Waals surface area contributed by atoms with E-state index >= 15 is 0 Å². The number of nitrogens with zero attached hydrogens (tertiary/aromatic N) is 1. The number of fused-ring (bicyclic) bond motifs is 1. The topological polar surface area (TPSA) is 40.5 Å². The number of hydrogen-bond acceptors (Lipinski definition) is 2. The predicted octanol–water partition coefficient (Wildman–Crippen LogP) is 2.08. The lowest BCUT2D eigenvalue weighted by Crippen LogP contribution is -2.37. The highest BCUT2D eigenvalue weighted by Gasteiger charge is 2.31. The molecule has 2 atom stereocenters. The summed E-state index contributed by atoms with van der Waals surface area (Å²) in [6, 6.07) is 8.03. The molecule has 1 heterocycles. The zero-order valence-corrected chi connectivity index (χ0v) is 8.97. The Kier molecular flexibility index (Phi) is 2.39. The molecule has 0 amide bonds. The normalized spacial score (nSPS) is 24.8. The number of carboxylic acids is 1. The van der Waals surface area contributed by atoms with Gasteiger partial charge in [-0.15, -0.1) is 0 Å². The first-order chi connectivity index (χ1) is 7.11. The van der Waals surface area contributed by atoms with Crippen molar-refractivity contribution in [1.29, 1.82) is 0 Å². The summed E-state index contributed by atoms with van der Waals surface area (Å²) >= 11 is 0. The Bertz CT molecular complexity index is 389. The van der Waals surface area contributed by atoms with Crippen LogP contribution >= 0.6 is 0 Å². The second-order valence-corrected chi connectivity index (χ2v) is 4.15. The molecule has 1 aromatic rings. The number of para-hydroxylation sites is 1. The van der Waals surface area contributed by atoms with Crippen LogP contribution in [0.4, 0.5) is 5.69 Å². The van der Waals surface area contributed by atoms with Crippen LogP contribution in [0.3, 0.4) is 0 Å². The first-order valence-electron chi connectivity index (χ1n) is 5.16. The zero-order valence-electron chi connectivity index (χ0n) is 8.97. The van der Waals surface area contributed by atoms with Crippen LogP contribution < -0.4 is 4.90 Å². The van der Waals surface area contributed by atoms with Gasteiger partial charge in [-0.25, -0.2) is 0 Å². The van der Waals surface area contributed by atoms with Crippen LogP contribution in [0.5, 0.6) is 0 Å². The van der Waals surface area contributed by atoms with E-state index in [1.54, 1.807) is 0 Å². The molecule has 1 aliphatic heterocycles. The molecular formula is C12H15NO2. The number of carboxylic acid groups (broad SMARTS) is 1. The molecule has 1 N–H and O–H groups in total. The van der Waals surface area contributed by atoms with Gasteiger partial charge in [-0.2, -0.15) is 0 Å². The summed E-state index contributed by atoms with van der Waals surface area (Å²) in [5.41, 5.74) is 1.98. The molecule has 3 heteroatoms. The van der Waals surface area contributed by atoms with Gasteiger partial charge in [0.1, 0.15) is 0 Å². The van der Waals surface area contributed by atoms with E-state index in [2.05, 4.69) is 11.8 Å². The Labute approximate surface area is 89.3 Å². The molecular weight excluding hydrogens is 190 g/mol. The first kappa shape index (κ1) is 10.0. The zero-order chi connectivity index (χ0) is 11.0. The number of hydrogen-bond donors (Lipinski definition) is 1. The average Bonchev–Trinajstić information content (AvgIpc) is 2.23. The van der Waals surface area contributed by atoms with Gasteiger partial charge in [0, 0.05) is 18.8 Å². The minimum Gasteiger partial charge on any atom is -0.481 e. The highest BCUT2D eigenvalue weighted by Crippen LogP contribution is 2.37. The molecule has 1 aliphatic rings. The van der Waals surface area contributed by atoms with E-state index in [9.17, 15) is 9.90 Å². The van der Waals surface area contributed by atoms with Crippen molar-refractivity contribution in [1.82, 2.24) is 0 Å². The number of anilines is 1. The van der Waals surface area contributed by atoms with Crippen molar-refractivity contribution < 1.29 is 9.90 Å². The van der Waals surface area contributed by atoms with Gasteiger partial charge >= 0.3 is 5.97 Å². The molecule has 2 rings (SSSR count). The molecule has 0 saturated carbocycles. The van der Waals surface area contributed by atoms with Crippen molar-refractivity contribution in [3.8, 4) is 0 Å². The standard InChI is InChI=1S/C12H15NO2/c1-8-7-10(12(14)15)9-5-3-4-6-11(9)13(8)2/h3-6,8,10H,7H2,1-2H3,(H,14,15). The van der Waals surface area contributed by atoms with Crippen molar-refractivity contribution in [2.45, 2.75) is 25.3 Å². The van der Waals surface area contributed by atoms with E-state index in [0.29, 0.717) is 6.42 Å². The van der Waals surface area contributed by atoms with Crippen LogP contribution in [-0.2, 0) is 4.79 Å². The Balaban J connectivity index is 2.49. The summed E-state index contributed by atoms with van der Waals surface area (Å²) in [7, 11) is 2.02. The third kappa shape index (κ3) is 1.58. The maximum atomic E-state index is 11.2. The molecule has 0 bridgehead atoms. The fraction of sp³-hybridized carbons (Fsp3) is 0.417. The molecule has 0 aromatic heterocycles.